The molecule has 9 heavy (non-hydrogen) atoms. The van der Waals surface area contributed by atoms with E-state index >= 15 is 0 Å². The molecule has 1 aromatic heterocycles. The van der Waals surface area contributed by atoms with Gasteiger partial charge in [-0.15, -0.1) is 0 Å². The van der Waals surface area contributed by atoms with Gasteiger partial charge in [0.05, 0.1) is 0 Å². The summed E-state index contributed by atoms with van der Waals surface area (Å²) < 4.78 is 0.856. The molecule has 2 nitrogen and oxygen atoms in total. The highest BCUT2D eigenvalue weighted by Crippen LogP contribution is 2.10. The topological polar surface area (TPSA) is 24.9 Å². The number of aromatic nitrogens is 1. The van der Waals surface area contributed by atoms with E-state index in [0.29, 0.717) is 0 Å². The summed E-state index contributed by atoms with van der Waals surface area (Å²) in [5, 5.41) is 3.00. The molecule has 1 rings (SSSR count). The maximum atomic E-state index is 3.96. The molecular weight excluding hydrogens is 180 g/mol. The van der Waals surface area contributed by atoms with Crippen molar-refractivity contribution in [3.8, 4) is 0 Å². The molecular formula is C6H7BrN2. The molecule has 0 amide bonds. The van der Waals surface area contributed by atoms with Gasteiger partial charge >= 0.3 is 0 Å². The van der Waals surface area contributed by atoms with Crippen LogP contribution in [0.3, 0.4) is 0 Å². The number of anilines is 1. The van der Waals surface area contributed by atoms with Gasteiger partial charge in [-0.05, 0) is 28.1 Å². The lowest BCUT2D eigenvalue weighted by Gasteiger charge is -1.96. The Morgan fingerprint density at radius 2 is 2.44 bits per heavy atom. The van der Waals surface area contributed by atoms with Crippen LogP contribution < -0.4 is 5.32 Å². The molecule has 0 atom stereocenters. The molecule has 0 fully saturated rings. The van der Waals surface area contributed by atoms with E-state index in [0.717, 1.165) is 10.3 Å². The molecule has 1 N–H and O–H groups in total. The van der Waals surface area contributed by atoms with Crippen molar-refractivity contribution in [3.05, 3.63) is 22.9 Å². The summed E-state index contributed by atoms with van der Waals surface area (Å²) in [6.45, 7) is 0. The zero-order valence-electron chi connectivity index (χ0n) is 5.06. The maximum absolute atomic E-state index is 3.96. The second-order valence-corrected chi connectivity index (χ2v) is 2.43. The molecule has 0 bridgehead atoms. The monoisotopic (exact) mass is 186 g/mol. The summed E-state index contributed by atoms with van der Waals surface area (Å²) in [6, 6.07) is 3.82. The fourth-order valence-corrected chi connectivity index (χ4v) is 0.923. The van der Waals surface area contributed by atoms with Crippen molar-refractivity contribution in [3.63, 3.8) is 0 Å². The van der Waals surface area contributed by atoms with Gasteiger partial charge in [-0.1, -0.05) is 0 Å². The minimum Gasteiger partial charge on any atom is -0.388 e. The average molecular weight is 187 g/mol. The molecule has 3 heteroatoms. The molecule has 0 spiro atoms. The minimum atomic E-state index is 0.856. The van der Waals surface area contributed by atoms with E-state index in [1.165, 1.54) is 0 Å². The van der Waals surface area contributed by atoms with Crippen LogP contribution in [0.1, 0.15) is 0 Å². The molecule has 0 saturated heterocycles. The summed E-state index contributed by atoms with van der Waals surface area (Å²) in [6.07, 6.45) is 1.75. The van der Waals surface area contributed by atoms with Crippen molar-refractivity contribution in [2.24, 2.45) is 0 Å². The van der Waals surface area contributed by atoms with E-state index in [4.69, 9.17) is 0 Å². The number of hydrogen-bond donors (Lipinski definition) is 1. The molecule has 0 radical (unpaired) electrons. The smallest absolute Gasteiger partial charge is 0.108 e. The van der Waals surface area contributed by atoms with Gasteiger partial charge in [0.15, 0.2) is 0 Å². The Labute approximate surface area is 62.4 Å². The fraction of sp³-hybridized carbons (Fsp3) is 0.167. The lowest BCUT2D eigenvalue weighted by Crippen LogP contribution is -1.87. The Kier molecular flexibility index (Phi) is 2.05. The third-order valence-corrected chi connectivity index (χ3v) is 1.45. The van der Waals surface area contributed by atoms with Crippen LogP contribution in [0.4, 0.5) is 5.69 Å². The van der Waals surface area contributed by atoms with Crippen molar-refractivity contribution < 1.29 is 0 Å². The van der Waals surface area contributed by atoms with Crippen molar-refractivity contribution in [2.75, 3.05) is 12.4 Å². The van der Waals surface area contributed by atoms with Gasteiger partial charge in [-0.25, -0.2) is 4.98 Å². The highest BCUT2D eigenvalue weighted by Gasteiger charge is 1.87. The van der Waals surface area contributed by atoms with Gasteiger partial charge in [0.1, 0.15) is 4.60 Å². The Hall–Kier alpha value is -0.570. The second kappa shape index (κ2) is 2.82. The Morgan fingerprint density at radius 1 is 1.67 bits per heavy atom. The van der Waals surface area contributed by atoms with E-state index in [9.17, 15) is 0 Å². The molecule has 0 aliphatic heterocycles. The van der Waals surface area contributed by atoms with Crippen LogP contribution in [0, 0.1) is 0 Å². The number of nitrogens with one attached hydrogen (secondary N) is 1. The fourth-order valence-electron chi connectivity index (χ4n) is 0.558. The molecule has 0 saturated carbocycles. The first-order valence-corrected chi connectivity index (χ1v) is 3.41. The largest absolute Gasteiger partial charge is 0.388 e. The molecule has 48 valence electrons. The third kappa shape index (κ3) is 1.68. The summed E-state index contributed by atoms with van der Waals surface area (Å²) in [7, 11) is 1.88. The summed E-state index contributed by atoms with van der Waals surface area (Å²) in [5.41, 5.74) is 1.07. The van der Waals surface area contributed by atoms with Gasteiger partial charge in [0.2, 0.25) is 0 Å². The van der Waals surface area contributed by atoms with Crippen LogP contribution in [0.25, 0.3) is 0 Å². The van der Waals surface area contributed by atoms with E-state index in [2.05, 4.69) is 26.2 Å². The predicted octanol–water partition coefficient (Wildman–Crippen LogP) is 1.89. The van der Waals surface area contributed by atoms with Crippen molar-refractivity contribution >= 4 is 21.6 Å². The van der Waals surface area contributed by atoms with Crippen LogP contribution in [-0.2, 0) is 0 Å². The average Bonchev–Trinajstić information content (AvgIpc) is 1.88. The molecule has 0 unspecified atom stereocenters. The van der Waals surface area contributed by atoms with Crippen LogP contribution in [-0.4, -0.2) is 12.0 Å². The lowest BCUT2D eigenvalue weighted by atomic mass is 10.4. The first-order valence-electron chi connectivity index (χ1n) is 2.62. The molecule has 1 aromatic rings. The van der Waals surface area contributed by atoms with Crippen molar-refractivity contribution in [1.29, 1.82) is 0 Å². The van der Waals surface area contributed by atoms with Gasteiger partial charge < -0.3 is 5.32 Å². The molecule has 0 aromatic carbocycles. The zero-order chi connectivity index (χ0) is 6.69. The minimum absolute atomic E-state index is 0.856. The summed E-state index contributed by atoms with van der Waals surface area (Å²) in [4.78, 5) is 3.96. The molecule has 0 aliphatic carbocycles. The normalized spacial score (nSPS) is 9.11. The van der Waals surface area contributed by atoms with Crippen LogP contribution in [0.5, 0.6) is 0 Å². The number of pyridine rings is 1. The zero-order valence-corrected chi connectivity index (χ0v) is 6.64. The standard InChI is InChI=1S/C6H7BrN2/c1-8-5-2-3-9-6(7)4-5/h2-4H,1H3,(H,8,9). The number of rotatable bonds is 1. The number of halogens is 1. The highest BCUT2D eigenvalue weighted by atomic mass is 79.9. The first kappa shape index (κ1) is 6.55. The number of nitrogens with zero attached hydrogens (tertiary/aromatic N) is 1. The van der Waals surface area contributed by atoms with Gasteiger partial charge in [-0.3, -0.25) is 0 Å². The summed E-state index contributed by atoms with van der Waals surface area (Å²) in [5.74, 6) is 0. The SMILES string of the molecule is CNc1ccnc(Br)c1. The number of hydrogen-bond acceptors (Lipinski definition) is 2. The Balaban J connectivity index is 2.94. The van der Waals surface area contributed by atoms with Crippen LogP contribution in [0.15, 0.2) is 22.9 Å². The van der Waals surface area contributed by atoms with Crippen LogP contribution in [0.2, 0.25) is 0 Å². The third-order valence-electron chi connectivity index (χ3n) is 1.02. The lowest BCUT2D eigenvalue weighted by molar-refractivity contribution is 1.27. The second-order valence-electron chi connectivity index (χ2n) is 1.62. The van der Waals surface area contributed by atoms with Crippen molar-refractivity contribution in [2.45, 2.75) is 0 Å². The maximum Gasteiger partial charge on any atom is 0.108 e. The van der Waals surface area contributed by atoms with Crippen LogP contribution >= 0.6 is 15.9 Å². The van der Waals surface area contributed by atoms with E-state index < -0.39 is 0 Å². The summed E-state index contributed by atoms with van der Waals surface area (Å²) >= 11 is 3.25. The molecule has 0 aliphatic rings. The highest BCUT2D eigenvalue weighted by molar-refractivity contribution is 9.10. The Bertz CT molecular complexity index is 200. The van der Waals surface area contributed by atoms with E-state index in [1.807, 2.05) is 19.2 Å². The van der Waals surface area contributed by atoms with Crippen molar-refractivity contribution in [1.82, 2.24) is 4.98 Å². The van der Waals surface area contributed by atoms with Gasteiger partial charge in [-0.2, -0.15) is 0 Å². The van der Waals surface area contributed by atoms with E-state index in [1.54, 1.807) is 6.20 Å². The first-order chi connectivity index (χ1) is 4.33. The van der Waals surface area contributed by atoms with Gasteiger partial charge in [0, 0.05) is 18.9 Å². The predicted molar refractivity (Wildman–Crippen MR) is 41.5 cm³/mol. The quantitative estimate of drug-likeness (QED) is 0.679. The van der Waals surface area contributed by atoms with Gasteiger partial charge in [0.25, 0.3) is 0 Å². The Morgan fingerprint density at radius 3 is 2.89 bits per heavy atom. The van der Waals surface area contributed by atoms with E-state index in [-0.39, 0.29) is 0 Å². The molecule has 1 heterocycles.